The standard InChI is InChI=1S/C6H7N3O4/c10-4(11)2-7-5(12)3-1-8-6(13)9-3/h1H,2H2,(H,7,12)(H,10,11)(H2,8,9,13). The third-order valence-electron chi connectivity index (χ3n) is 1.24. The van der Waals surface area contributed by atoms with Crippen LogP contribution < -0.4 is 11.0 Å². The maximum atomic E-state index is 11.0. The van der Waals surface area contributed by atoms with Gasteiger partial charge in [0.05, 0.1) is 0 Å². The van der Waals surface area contributed by atoms with Crippen molar-refractivity contribution in [1.29, 1.82) is 0 Å². The maximum absolute atomic E-state index is 11.0. The molecule has 7 nitrogen and oxygen atoms in total. The van der Waals surface area contributed by atoms with Crippen LogP contribution in [0, 0.1) is 0 Å². The summed E-state index contributed by atoms with van der Waals surface area (Å²) in [5.74, 6) is -1.79. The quantitative estimate of drug-likeness (QED) is 0.459. The number of nitrogens with one attached hydrogen (secondary N) is 3. The average molecular weight is 185 g/mol. The smallest absolute Gasteiger partial charge is 0.323 e. The number of aromatic amines is 2. The SMILES string of the molecule is O=C(O)CNC(=O)c1c[nH]c(=O)[nH]1. The van der Waals surface area contributed by atoms with Crippen molar-refractivity contribution in [3.8, 4) is 0 Å². The second-order valence-electron chi connectivity index (χ2n) is 2.23. The number of rotatable bonds is 3. The number of aliphatic carboxylic acids is 1. The summed E-state index contributed by atoms with van der Waals surface area (Å²) >= 11 is 0. The monoisotopic (exact) mass is 185 g/mol. The van der Waals surface area contributed by atoms with Crippen LogP contribution in [0.5, 0.6) is 0 Å². The van der Waals surface area contributed by atoms with Gasteiger partial charge in [0.25, 0.3) is 5.91 Å². The first-order valence-electron chi connectivity index (χ1n) is 3.37. The number of carboxylic acid groups (broad SMARTS) is 1. The fourth-order valence-corrected chi connectivity index (χ4v) is 0.706. The zero-order chi connectivity index (χ0) is 9.84. The normalized spacial score (nSPS) is 9.54. The van der Waals surface area contributed by atoms with E-state index in [9.17, 15) is 14.4 Å². The predicted octanol–water partition coefficient (Wildman–Crippen LogP) is -1.48. The van der Waals surface area contributed by atoms with E-state index >= 15 is 0 Å². The van der Waals surface area contributed by atoms with E-state index in [-0.39, 0.29) is 5.69 Å². The van der Waals surface area contributed by atoms with E-state index in [1.165, 1.54) is 6.20 Å². The van der Waals surface area contributed by atoms with Gasteiger partial charge in [-0.1, -0.05) is 0 Å². The van der Waals surface area contributed by atoms with Crippen molar-refractivity contribution >= 4 is 11.9 Å². The van der Waals surface area contributed by atoms with Gasteiger partial charge in [0.2, 0.25) is 0 Å². The van der Waals surface area contributed by atoms with Crippen molar-refractivity contribution in [1.82, 2.24) is 15.3 Å². The summed E-state index contributed by atoms with van der Waals surface area (Å²) < 4.78 is 0. The lowest BCUT2D eigenvalue weighted by atomic mass is 10.4. The first-order valence-corrected chi connectivity index (χ1v) is 3.37. The molecule has 0 bridgehead atoms. The van der Waals surface area contributed by atoms with Gasteiger partial charge in [-0.15, -0.1) is 0 Å². The Labute approximate surface area is 71.8 Å². The number of carboxylic acids is 1. The van der Waals surface area contributed by atoms with Crippen LogP contribution in [0.4, 0.5) is 0 Å². The minimum absolute atomic E-state index is 0.00579. The number of aromatic nitrogens is 2. The Hall–Kier alpha value is -2.05. The molecule has 0 saturated carbocycles. The van der Waals surface area contributed by atoms with Crippen LogP contribution in [-0.2, 0) is 4.79 Å². The molecule has 13 heavy (non-hydrogen) atoms. The van der Waals surface area contributed by atoms with Crippen LogP contribution in [-0.4, -0.2) is 33.5 Å². The Bertz CT molecular complexity index is 377. The van der Waals surface area contributed by atoms with Gasteiger partial charge in [-0.2, -0.15) is 0 Å². The zero-order valence-corrected chi connectivity index (χ0v) is 6.46. The minimum Gasteiger partial charge on any atom is -0.480 e. The van der Waals surface area contributed by atoms with E-state index in [2.05, 4.69) is 15.3 Å². The number of hydrogen-bond acceptors (Lipinski definition) is 3. The molecule has 0 unspecified atom stereocenters. The van der Waals surface area contributed by atoms with Gasteiger partial charge in [-0.05, 0) is 0 Å². The van der Waals surface area contributed by atoms with Crippen LogP contribution in [0.15, 0.2) is 11.0 Å². The van der Waals surface area contributed by atoms with Crippen molar-refractivity contribution in [3.63, 3.8) is 0 Å². The number of carbonyl (C=O) groups is 2. The van der Waals surface area contributed by atoms with E-state index in [4.69, 9.17) is 5.11 Å². The molecule has 0 aliphatic heterocycles. The summed E-state index contributed by atoms with van der Waals surface area (Å²) in [6, 6.07) is 0. The van der Waals surface area contributed by atoms with Gasteiger partial charge in [0.15, 0.2) is 0 Å². The molecule has 1 heterocycles. The molecule has 1 rings (SSSR count). The summed E-state index contributed by atoms with van der Waals surface area (Å²) in [6.45, 7) is -0.480. The third kappa shape index (κ3) is 2.47. The highest BCUT2D eigenvalue weighted by Gasteiger charge is 2.08. The molecule has 0 radical (unpaired) electrons. The van der Waals surface area contributed by atoms with E-state index in [1.807, 2.05) is 0 Å². The summed E-state index contributed by atoms with van der Waals surface area (Å²) in [5.41, 5.74) is -0.508. The molecule has 1 amide bonds. The molecular formula is C6H7N3O4. The van der Waals surface area contributed by atoms with Gasteiger partial charge in [0, 0.05) is 6.20 Å². The lowest BCUT2D eigenvalue weighted by Crippen LogP contribution is -2.29. The van der Waals surface area contributed by atoms with Gasteiger partial charge in [0.1, 0.15) is 12.2 Å². The minimum atomic E-state index is -1.15. The molecule has 0 aliphatic carbocycles. The van der Waals surface area contributed by atoms with Gasteiger partial charge in [-0.3, -0.25) is 9.59 Å². The molecule has 7 heteroatoms. The van der Waals surface area contributed by atoms with Gasteiger partial charge in [-0.25, -0.2) is 4.79 Å². The Balaban J connectivity index is 2.59. The van der Waals surface area contributed by atoms with Crippen LogP contribution in [0.1, 0.15) is 10.5 Å². The van der Waals surface area contributed by atoms with Crippen molar-refractivity contribution in [2.24, 2.45) is 0 Å². The predicted molar refractivity (Wildman–Crippen MR) is 41.4 cm³/mol. The summed E-state index contributed by atoms with van der Waals surface area (Å²) in [6.07, 6.45) is 1.17. The Morgan fingerprint density at radius 1 is 1.54 bits per heavy atom. The molecule has 0 saturated heterocycles. The molecule has 1 aromatic heterocycles. The molecule has 0 aliphatic rings. The number of hydrogen-bond donors (Lipinski definition) is 4. The Morgan fingerprint density at radius 3 is 2.69 bits per heavy atom. The highest BCUT2D eigenvalue weighted by atomic mass is 16.4. The lowest BCUT2D eigenvalue weighted by Gasteiger charge is -1.97. The highest BCUT2D eigenvalue weighted by Crippen LogP contribution is 1.85. The molecule has 0 fully saturated rings. The molecule has 1 aromatic rings. The fraction of sp³-hybridized carbons (Fsp3) is 0.167. The van der Waals surface area contributed by atoms with Crippen molar-refractivity contribution in [2.75, 3.05) is 6.54 Å². The van der Waals surface area contributed by atoms with E-state index < -0.39 is 24.1 Å². The van der Waals surface area contributed by atoms with Crippen LogP contribution in [0.2, 0.25) is 0 Å². The largest absolute Gasteiger partial charge is 0.480 e. The molecule has 0 aromatic carbocycles. The Morgan fingerprint density at radius 2 is 2.23 bits per heavy atom. The van der Waals surface area contributed by atoms with Gasteiger partial charge >= 0.3 is 11.7 Å². The number of H-pyrrole nitrogens is 2. The van der Waals surface area contributed by atoms with Crippen molar-refractivity contribution in [3.05, 3.63) is 22.4 Å². The second-order valence-corrected chi connectivity index (χ2v) is 2.23. The Kier molecular flexibility index (Phi) is 2.48. The molecule has 0 atom stereocenters. The highest BCUT2D eigenvalue weighted by molar-refractivity contribution is 5.93. The third-order valence-corrected chi connectivity index (χ3v) is 1.24. The second kappa shape index (κ2) is 3.57. The topological polar surface area (TPSA) is 115 Å². The van der Waals surface area contributed by atoms with Crippen LogP contribution in [0.3, 0.4) is 0 Å². The molecule has 70 valence electrons. The van der Waals surface area contributed by atoms with Gasteiger partial charge < -0.3 is 20.4 Å². The van der Waals surface area contributed by atoms with E-state index in [0.717, 1.165) is 0 Å². The molecule has 4 N–H and O–H groups in total. The maximum Gasteiger partial charge on any atom is 0.323 e. The van der Waals surface area contributed by atoms with E-state index in [1.54, 1.807) is 0 Å². The van der Waals surface area contributed by atoms with Crippen LogP contribution in [0.25, 0.3) is 0 Å². The van der Waals surface area contributed by atoms with Crippen LogP contribution >= 0.6 is 0 Å². The van der Waals surface area contributed by atoms with Crippen molar-refractivity contribution < 1.29 is 14.7 Å². The number of imidazole rings is 1. The van der Waals surface area contributed by atoms with E-state index in [0.29, 0.717) is 0 Å². The summed E-state index contributed by atoms with van der Waals surface area (Å²) in [7, 11) is 0. The zero-order valence-electron chi connectivity index (χ0n) is 6.46. The number of carbonyl (C=O) groups excluding carboxylic acids is 1. The summed E-state index contributed by atoms with van der Waals surface area (Å²) in [4.78, 5) is 36.0. The fourth-order valence-electron chi connectivity index (χ4n) is 0.706. The molecule has 0 spiro atoms. The molecular weight excluding hydrogens is 178 g/mol. The van der Waals surface area contributed by atoms with Crippen molar-refractivity contribution in [2.45, 2.75) is 0 Å². The first kappa shape index (κ1) is 9.04. The first-order chi connectivity index (χ1) is 6.09. The summed E-state index contributed by atoms with van der Waals surface area (Å²) in [5, 5.41) is 10.3. The lowest BCUT2D eigenvalue weighted by molar-refractivity contribution is -0.135. The average Bonchev–Trinajstić information content (AvgIpc) is 2.47. The number of amides is 1.